The molecular formula is C45H61NO10. The van der Waals surface area contributed by atoms with Gasteiger partial charge in [-0.1, -0.05) is 31.9 Å². The van der Waals surface area contributed by atoms with Crippen molar-refractivity contribution in [3.05, 3.63) is 24.3 Å². The summed E-state index contributed by atoms with van der Waals surface area (Å²) in [7, 11) is 1.72. The van der Waals surface area contributed by atoms with E-state index in [1.54, 1.807) is 7.11 Å². The van der Waals surface area contributed by atoms with Gasteiger partial charge in [0.1, 0.15) is 36.3 Å². The van der Waals surface area contributed by atoms with E-state index in [1.807, 2.05) is 0 Å². The lowest BCUT2D eigenvalue weighted by Gasteiger charge is -2.47. The molecule has 11 nitrogen and oxygen atoms in total. The van der Waals surface area contributed by atoms with Crippen LogP contribution in [0.3, 0.4) is 0 Å². The second kappa shape index (κ2) is 16.1. The topological polar surface area (TPSA) is 103 Å². The molecule has 12 bridgehead atoms. The van der Waals surface area contributed by atoms with Crippen LogP contribution in [0.4, 0.5) is 0 Å². The Balaban J connectivity index is 0.979. The summed E-state index contributed by atoms with van der Waals surface area (Å²) in [6.45, 7) is 12.8. The molecule has 0 N–H and O–H groups in total. The van der Waals surface area contributed by atoms with Gasteiger partial charge in [-0.3, -0.25) is 9.69 Å². The lowest BCUT2D eigenvalue weighted by atomic mass is 9.81. The standard InChI is InChI=1S/C45H61NO10/c1-7-16-46(17-8-2)18-14-35-39(48-6)32-22-28(47)21-30-10-12-34-40(51-30)44-43-42(53-34)41-38(54-43)24-45(55-41,56-44)15-13-31-20-26(4)33(49-31)11-9-29-19-25(3)27(5)36(50-29)23-37(32)52-35/h1-2,25,29-44H,4-5,9-24H2,3,6H3/t25-,29+,30-,31+,32+,33+,34+,35-,36-,37+,38-,39-,40+,41+,42+,43-,44+,45+/m1/s1. The molecule has 10 fully saturated rings. The fourth-order valence-corrected chi connectivity index (χ4v) is 11.7. The number of hydrogen-bond acceptors (Lipinski definition) is 11. The number of carbonyl (C=O) groups excluding carboxylic acids is 1. The quantitative estimate of drug-likeness (QED) is 0.278. The highest BCUT2D eigenvalue weighted by atomic mass is 16.8. The van der Waals surface area contributed by atoms with Gasteiger partial charge < -0.3 is 42.6 Å². The number of nitrogens with zero attached hydrogens (tertiary/aromatic N) is 1. The minimum absolute atomic E-state index is 0.0116. The first kappa shape index (κ1) is 39.3. The number of Topliss-reactive ketones (excluding diaryl/α,β-unsaturated/α-hetero) is 1. The number of rotatable bonds is 6. The zero-order chi connectivity index (χ0) is 38.7. The Morgan fingerprint density at radius 2 is 1.50 bits per heavy atom. The second-order valence-electron chi connectivity index (χ2n) is 18.2. The van der Waals surface area contributed by atoms with E-state index >= 15 is 0 Å². The summed E-state index contributed by atoms with van der Waals surface area (Å²) >= 11 is 0. The maximum atomic E-state index is 14.2. The lowest BCUT2D eigenvalue weighted by Crippen LogP contribution is -2.61. The maximum absolute atomic E-state index is 14.2. The Morgan fingerprint density at radius 1 is 0.768 bits per heavy atom. The summed E-state index contributed by atoms with van der Waals surface area (Å²) in [6.07, 6.45) is 17.8. The summed E-state index contributed by atoms with van der Waals surface area (Å²) in [5, 5.41) is 0. The van der Waals surface area contributed by atoms with Crippen molar-refractivity contribution in [3.8, 4) is 24.7 Å². The highest BCUT2D eigenvalue weighted by Gasteiger charge is 2.68. The van der Waals surface area contributed by atoms with Crippen LogP contribution in [0.15, 0.2) is 24.3 Å². The van der Waals surface area contributed by atoms with Crippen molar-refractivity contribution in [3.63, 3.8) is 0 Å². The van der Waals surface area contributed by atoms with Crippen LogP contribution in [0.25, 0.3) is 0 Å². The molecule has 0 unspecified atom stereocenters. The van der Waals surface area contributed by atoms with Crippen LogP contribution >= 0.6 is 0 Å². The fourth-order valence-electron chi connectivity index (χ4n) is 11.7. The van der Waals surface area contributed by atoms with Crippen molar-refractivity contribution in [2.45, 2.75) is 188 Å². The number of hydrogen-bond donors (Lipinski definition) is 0. The highest BCUT2D eigenvalue weighted by molar-refractivity contribution is 5.79. The second-order valence-corrected chi connectivity index (χ2v) is 18.2. The molecule has 10 rings (SSSR count). The first-order valence-corrected chi connectivity index (χ1v) is 21.4. The van der Waals surface area contributed by atoms with Crippen LogP contribution in [0, 0.1) is 36.5 Å². The summed E-state index contributed by atoms with van der Waals surface area (Å²) in [6, 6.07) is 0. The number of ketones is 1. The molecule has 0 aliphatic carbocycles. The first-order valence-electron chi connectivity index (χ1n) is 21.4. The average Bonchev–Trinajstić information content (AvgIpc) is 3.85. The van der Waals surface area contributed by atoms with Crippen molar-refractivity contribution in [1.29, 1.82) is 0 Å². The normalized spacial score (nSPS) is 48.7. The number of ether oxygens (including phenoxy) is 9. The molecule has 0 radical (unpaired) electrons. The monoisotopic (exact) mass is 775 g/mol. The average molecular weight is 776 g/mol. The molecule has 10 aliphatic rings. The summed E-state index contributed by atoms with van der Waals surface area (Å²) in [5.41, 5.74) is 2.23. The fraction of sp³-hybridized carbons (Fsp3) is 0.800. The van der Waals surface area contributed by atoms with Crippen LogP contribution in [0.2, 0.25) is 0 Å². The molecular weight excluding hydrogens is 714 g/mol. The van der Waals surface area contributed by atoms with Gasteiger partial charge in [-0.25, -0.2) is 0 Å². The SMILES string of the molecule is C#CCN(CC#C)CC[C@H]1O[C@H]2C[C@H]3O[C@@H](CC[C@@H]4O[C@@H](CC[C@@]56C[C@H]7O[C@H]8[C@@H](O5)[C@H]5O[C@H](CC[C@@H]5O[C@H]8[C@H]7O6)CC(=O)C[C@@H]2[C@H]1OC)CC4=C)C[C@@H](C)C3=C. The van der Waals surface area contributed by atoms with Gasteiger partial charge in [0, 0.05) is 51.7 Å². The first-order chi connectivity index (χ1) is 27.1. The molecule has 10 heterocycles. The van der Waals surface area contributed by atoms with Gasteiger partial charge in [0.25, 0.3) is 0 Å². The van der Waals surface area contributed by atoms with E-state index < -0.39 is 5.79 Å². The third kappa shape index (κ3) is 7.49. The molecule has 1 spiro atoms. The van der Waals surface area contributed by atoms with Crippen molar-refractivity contribution in [2.24, 2.45) is 11.8 Å². The molecule has 10 aliphatic heterocycles. The Labute approximate surface area is 332 Å². The number of methoxy groups -OCH3 is 1. The van der Waals surface area contributed by atoms with Gasteiger partial charge in [-0.15, -0.1) is 12.8 Å². The molecule has 0 aromatic rings. The van der Waals surface area contributed by atoms with Crippen LogP contribution in [-0.2, 0) is 47.4 Å². The van der Waals surface area contributed by atoms with Crippen LogP contribution in [-0.4, -0.2) is 135 Å². The molecule has 11 heteroatoms. The van der Waals surface area contributed by atoms with Crippen molar-refractivity contribution in [2.75, 3.05) is 26.7 Å². The smallest absolute Gasteiger partial charge is 0.172 e. The minimum atomic E-state index is -0.779. The molecule has 306 valence electrons. The lowest BCUT2D eigenvalue weighted by molar-refractivity contribution is -0.292. The number of carbonyl (C=O) groups is 1. The Kier molecular flexibility index (Phi) is 11.3. The van der Waals surface area contributed by atoms with E-state index in [4.69, 9.17) is 55.5 Å². The van der Waals surface area contributed by atoms with E-state index in [0.29, 0.717) is 64.1 Å². The number of fused-ring (bicyclic) bond motifs is 6. The predicted molar refractivity (Wildman–Crippen MR) is 205 cm³/mol. The molecule has 10 saturated heterocycles. The summed E-state index contributed by atoms with van der Waals surface area (Å²) < 4.78 is 60.7. The molecule has 0 aromatic carbocycles. The highest BCUT2D eigenvalue weighted by Crippen LogP contribution is 2.54. The van der Waals surface area contributed by atoms with E-state index in [9.17, 15) is 4.79 Å². The Bertz CT molecular complexity index is 1570. The van der Waals surface area contributed by atoms with Crippen LogP contribution in [0.1, 0.15) is 90.4 Å². The van der Waals surface area contributed by atoms with Gasteiger partial charge in [-0.2, -0.15) is 0 Å². The summed E-state index contributed by atoms with van der Waals surface area (Å²) in [5.74, 6) is 4.92. The minimum Gasteiger partial charge on any atom is -0.378 e. The zero-order valence-corrected chi connectivity index (χ0v) is 33.2. The molecule has 18 atom stereocenters. The van der Waals surface area contributed by atoms with E-state index in [1.165, 1.54) is 0 Å². The molecule has 0 amide bonds. The molecule has 0 aromatic heterocycles. The van der Waals surface area contributed by atoms with Gasteiger partial charge in [0.05, 0.1) is 74.1 Å². The van der Waals surface area contributed by atoms with E-state index in [2.05, 4.69) is 36.8 Å². The summed E-state index contributed by atoms with van der Waals surface area (Å²) in [4.78, 5) is 16.3. The van der Waals surface area contributed by atoms with Gasteiger partial charge in [0.2, 0.25) is 0 Å². The van der Waals surface area contributed by atoms with Crippen molar-refractivity contribution < 1.29 is 47.4 Å². The Morgan fingerprint density at radius 3 is 2.30 bits per heavy atom. The molecule has 56 heavy (non-hydrogen) atoms. The Hall–Kier alpha value is -2.13. The maximum Gasteiger partial charge on any atom is 0.172 e. The van der Waals surface area contributed by atoms with Gasteiger partial charge >= 0.3 is 0 Å². The van der Waals surface area contributed by atoms with E-state index in [-0.39, 0.29) is 103 Å². The van der Waals surface area contributed by atoms with Gasteiger partial charge in [0.15, 0.2) is 5.79 Å². The molecule has 0 saturated carbocycles. The third-order valence-electron chi connectivity index (χ3n) is 14.6. The third-order valence-corrected chi connectivity index (χ3v) is 14.6. The van der Waals surface area contributed by atoms with Crippen molar-refractivity contribution in [1.82, 2.24) is 4.90 Å². The predicted octanol–water partition coefficient (Wildman–Crippen LogP) is 4.69. The van der Waals surface area contributed by atoms with Gasteiger partial charge in [-0.05, 0) is 68.4 Å². The van der Waals surface area contributed by atoms with Crippen LogP contribution < -0.4 is 0 Å². The van der Waals surface area contributed by atoms with E-state index in [0.717, 1.165) is 56.1 Å². The largest absolute Gasteiger partial charge is 0.378 e. The zero-order valence-electron chi connectivity index (χ0n) is 33.2. The van der Waals surface area contributed by atoms with Crippen LogP contribution in [0.5, 0.6) is 0 Å². The number of terminal acetylenes is 2. The van der Waals surface area contributed by atoms with Crippen molar-refractivity contribution >= 4 is 5.78 Å².